The van der Waals surface area contributed by atoms with E-state index in [1.807, 2.05) is 85.1 Å². The average molecular weight is 344 g/mol. The summed E-state index contributed by atoms with van der Waals surface area (Å²) in [6, 6.07) is 25.3. The third-order valence-corrected chi connectivity index (χ3v) is 4.88. The van der Waals surface area contributed by atoms with Gasteiger partial charge in [0, 0.05) is 10.5 Å². The molecule has 0 aliphatic rings. The molecule has 0 saturated carbocycles. The van der Waals surface area contributed by atoms with Crippen molar-refractivity contribution in [2.24, 2.45) is 0 Å². The number of aromatic nitrogens is 2. The van der Waals surface area contributed by atoms with Crippen LogP contribution in [0.25, 0.3) is 28.0 Å². The number of nitrogens with zero attached hydrogens (tertiary/aromatic N) is 2. The normalized spacial score (nSPS) is 10.9. The first kappa shape index (κ1) is 15.7. The van der Waals surface area contributed by atoms with Gasteiger partial charge >= 0.3 is 0 Å². The third-order valence-electron chi connectivity index (χ3n) is 4.14. The number of rotatable bonds is 3. The monoisotopic (exact) mass is 344 g/mol. The number of fused-ring (bicyclic) bond motifs is 1. The summed E-state index contributed by atoms with van der Waals surface area (Å²) in [6.07, 6.45) is 2.04. The van der Waals surface area contributed by atoms with Gasteiger partial charge in [0.2, 0.25) is 0 Å². The summed E-state index contributed by atoms with van der Waals surface area (Å²) in [6.45, 7) is 0. The number of para-hydroxylation sites is 1. The second-order valence-corrected chi connectivity index (χ2v) is 6.54. The molecule has 0 radical (unpaired) electrons. The summed E-state index contributed by atoms with van der Waals surface area (Å²) < 4.78 is 1.70. The Labute approximate surface area is 150 Å². The van der Waals surface area contributed by atoms with E-state index in [1.165, 1.54) is 0 Å². The van der Waals surface area contributed by atoms with Crippen LogP contribution in [0.1, 0.15) is 0 Å². The molecule has 0 amide bonds. The predicted molar refractivity (Wildman–Crippen MR) is 105 cm³/mol. The van der Waals surface area contributed by atoms with E-state index in [2.05, 4.69) is 0 Å². The molecule has 0 unspecified atom stereocenters. The van der Waals surface area contributed by atoms with Gasteiger partial charge in [-0.15, -0.1) is 11.8 Å². The van der Waals surface area contributed by atoms with Crippen LogP contribution in [0.2, 0.25) is 0 Å². The zero-order valence-corrected chi connectivity index (χ0v) is 14.5. The van der Waals surface area contributed by atoms with Crippen molar-refractivity contribution in [3.05, 3.63) is 89.2 Å². The first-order valence-corrected chi connectivity index (χ1v) is 9.22. The van der Waals surface area contributed by atoms with Crippen molar-refractivity contribution in [3.8, 4) is 17.1 Å². The summed E-state index contributed by atoms with van der Waals surface area (Å²) in [4.78, 5) is 19.1. The molecule has 3 aromatic carbocycles. The molecule has 4 aromatic rings. The summed E-state index contributed by atoms with van der Waals surface area (Å²) in [5.74, 6) is 0.654. The van der Waals surface area contributed by atoms with Crippen LogP contribution in [0, 0.1) is 0 Å². The van der Waals surface area contributed by atoms with Crippen LogP contribution in [-0.2, 0) is 0 Å². The molecule has 122 valence electrons. The van der Waals surface area contributed by atoms with Crippen molar-refractivity contribution in [2.45, 2.75) is 4.90 Å². The van der Waals surface area contributed by atoms with Gasteiger partial charge in [0.1, 0.15) is 5.82 Å². The molecule has 0 spiro atoms. The molecule has 0 N–H and O–H groups in total. The summed E-state index contributed by atoms with van der Waals surface area (Å²) in [7, 11) is 0. The highest BCUT2D eigenvalue weighted by Crippen LogP contribution is 2.23. The van der Waals surface area contributed by atoms with E-state index in [-0.39, 0.29) is 5.56 Å². The minimum absolute atomic E-state index is 0.0543. The van der Waals surface area contributed by atoms with Crippen LogP contribution < -0.4 is 5.56 Å². The Balaban J connectivity index is 2.06. The fourth-order valence-electron chi connectivity index (χ4n) is 2.88. The smallest absolute Gasteiger partial charge is 0.266 e. The minimum atomic E-state index is -0.0543. The Morgan fingerprint density at radius 1 is 0.840 bits per heavy atom. The second kappa shape index (κ2) is 6.57. The van der Waals surface area contributed by atoms with Crippen LogP contribution in [0.3, 0.4) is 0 Å². The van der Waals surface area contributed by atoms with Gasteiger partial charge in [-0.25, -0.2) is 4.98 Å². The molecule has 0 saturated heterocycles. The summed E-state index contributed by atoms with van der Waals surface area (Å²) >= 11 is 1.68. The number of benzene rings is 3. The molecule has 0 aliphatic heterocycles. The molecule has 3 nitrogen and oxygen atoms in total. The Kier molecular flexibility index (Phi) is 4.12. The van der Waals surface area contributed by atoms with E-state index >= 15 is 0 Å². The lowest BCUT2D eigenvalue weighted by Crippen LogP contribution is -2.21. The third kappa shape index (κ3) is 2.85. The number of hydrogen-bond donors (Lipinski definition) is 0. The maximum atomic E-state index is 13.2. The molecular formula is C21H16N2OS. The Bertz CT molecular complexity index is 1090. The van der Waals surface area contributed by atoms with Crippen LogP contribution in [0.15, 0.2) is 88.6 Å². The average Bonchev–Trinajstić information content (AvgIpc) is 2.69. The standard InChI is InChI=1S/C21H16N2OS/c1-25-17-13-11-16(12-14-17)23-20(15-7-3-2-4-8-15)22-19-10-6-5-9-18(19)21(23)24/h2-14H,1H3. The van der Waals surface area contributed by atoms with Gasteiger partial charge < -0.3 is 0 Å². The zero-order chi connectivity index (χ0) is 17.2. The first-order chi connectivity index (χ1) is 12.3. The SMILES string of the molecule is CSc1ccc(-n2c(-c3ccccc3)nc3ccccc3c2=O)cc1. The van der Waals surface area contributed by atoms with Crippen LogP contribution >= 0.6 is 11.8 Å². The lowest BCUT2D eigenvalue weighted by Gasteiger charge is -2.14. The quantitative estimate of drug-likeness (QED) is 0.502. The molecule has 25 heavy (non-hydrogen) atoms. The Hall–Kier alpha value is -2.85. The molecule has 1 aromatic heterocycles. The molecule has 0 aliphatic carbocycles. The van der Waals surface area contributed by atoms with Gasteiger partial charge in [-0.1, -0.05) is 42.5 Å². The van der Waals surface area contributed by atoms with Crippen molar-refractivity contribution in [1.29, 1.82) is 0 Å². The summed E-state index contributed by atoms with van der Waals surface area (Å²) in [5.41, 5.74) is 2.39. The van der Waals surface area contributed by atoms with Crippen molar-refractivity contribution in [3.63, 3.8) is 0 Å². The maximum absolute atomic E-state index is 13.2. The van der Waals surface area contributed by atoms with E-state index in [0.717, 1.165) is 16.1 Å². The van der Waals surface area contributed by atoms with Gasteiger partial charge in [0.25, 0.3) is 5.56 Å². The van der Waals surface area contributed by atoms with Crippen molar-refractivity contribution in [1.82, 2.24) is 9.55 Å². The lowest BCUT2D eigenvalue weighted by molar-refractivity contribution is 0.973. The fraction of sp³-hybridized carbons (Fsp3) is 0.0476. The number of thioether (sulfide) groups is 1. The van der Waals surface area contributed by atoms with E-state index in [9.17, 15) is 4.79 Å². The number of hydrogen-bond acceptors (Lipinski definition) is 3. The molecule has 4 rings (SSSR count). The lowest BCUT2D eigenvalue weighted by atomic mass is 10.1. The van der Waals surface area contributed by atoms with Crippen LogP contribution in [0.5, 0.6) is 0 Å². The van der Waals surface area contributed by atoms with Gasteiger partial charge in [-0.3, -0.25) is 9.36 Å². The Morgan fingerprint density at radius 2 is 1.52 bits per heavy atom. The highest BCUT2D eigenvalue weighted by atomic mass is 32.2. The maximum Gasteiger partial charge on any atom is 0.266 e. The highest BCUT2D eigenvalue weighted by Gasteiger charge is 2.14. The fourth-order valence-corrected chi connectivity index (χ4v) is 3.29. The van der Waals surface area contributed by atoms with Gasteiger partial charge in [0.05, 0.1) is 16.6 Å². The van der Waals surface area contributed by atoms with Crippen molar-refractivity contribution >= 4 is 22.7 Å². The van der Waals surface area contributed by atoms with Gasteiger partial charge in [-0.2, -0.15) is 0 Å². The Morgan fingerprint density at radius 3 is 2.24 bits per heavy atom. The highest BCUT2D eigenvalue weighted by molar-refractivity contribution is 7.98. The van der Waals surface area contributed by atoms with Crippen LogP contribution in [-0.4, -0.2) is 15.8 Å². The summed E-state index contributed by atoms with van der Waals surface area (Å²) in [5, 5.41) is 0.621. The van der Waals surface area contributed by atoms with Crippen LogP contribution in [0.4, 0.5) is 0 Å². The molecule has 4 heteroatoms. The van der Waals surface area contributed by atoms with E-state index < -0.39 is 0 Å². The largest absolute Gasteiger partial charge is 0.268 e. The second-order valence-electron chi connectivity index (χ2n) is 5.66. The molecular weight excluding hydrogens is 328 g/mol. The molecule has 0 fully saturated rings. The molecule has 1 heterocycles. The van der Waals surface area contributed by atoms with E-state index in [4.69, 9.17) is 4.98 Å². The van der Waals surface area contributed by atoms with Crippen molar-refractivity contribution in [2.75, 3.05) is 6.26 Å². The minimum Gasteiger partial charge on any atom is -0.268 e. The van der Waals surface area contributed by atoms with Gasteiger partial charge in [0.15, 0.2) is 0 Å². The van der Waals surface area contributed by atoms with Crippen molar-refractivity contribution < 1.29 is 0 Å². The topological polar surface area (TPSA) is 34.9 Å². The van der Waals surface area contributed by atoms with E-state index in [1.54, 1.807) is 16.3 Å². The molecule has 0 bridgehead atoms. The van der Waals surface area contributed by atoms with E-state index in [0.29, 0.717) is 16.7 Å². The van der Waals surface area contributed by atoms with Gasteiger partial charge in [-0.05, 0) is 42.7 Å². The first-order valence-electron chi connectivity index (χ1n) is 7.99. The molecule has 0 atom stereocenters. The predicted octanol–water partition coefficient (Wildman–Crippen LogP) is 4.77. The zero-order valence-electron chi connectivity index (χ0n) is 13.7.